The van der Waals surface area contributed by atoms with Crippen molar-refractivity contribution < 1.29 is 22.7 Å². The second kappa shape index (κ2) is 9.79. The predicted octanol–water partition coefficient (Wildman–Crippen LogP) is 6.26. The van der Waals surface area contributed by atoms with Crippen LogP contribution in [0.5, 0.6) is 5.75 Å². The molecule has 1 aliphatic carbocycles. The molecule has 0 bridgehead atoms. The van der Waals surface area contributed by atoms with Gasteiger partial charge in [0, 0.05) is 23.2 Å². The average molecular weight is 515 g/mol. The molecule has 0 spiro atoms. The minimum absolute atomic E-state index is 0.0257. The maximum absolute atomic E-state index is 13.7. The molecule has 0 aromatic heterocycles. The van der Waals surface area contributed by atoms with E-state index in [0.717, 1.165) is 25.0 Å². The van der Waals surface area contributed by atoms with Crippen molar-refractivity contribution in [2.75, 3.05) is 25.1 Å². The van der Waals surface area contributed by atoms with E-state index in [9.17, 15) is 18.0 Å². The summed E-state index contributed by atoms with van der Waals surface area (Å²) in [6.45, 7) is 0.951. The number of hydrogen-bond acceptors (Lipinski definition) is 3. The van der Waals surface area contributed by atoms with Gasteiger partial charge in [-0.2, -0.15) is 13.2 Å². The summed E-state index contributed by atoms with van der Waals surface area (Å²) in [6.07, 6.45) is -2.00. The van der Waals surface area contributed by atoms with Crippen LogP contribution in [0.3, 0.4) is 0 Å². The molecule has 5 rings (SSSR count). The van der Waals surface area contributed by atoms with Crippen LogP contribution in [-0.4, -0.2) is 43.1 Å². The molecule has 188 valence electrons. The van der Waals surface area contributed by atoms with Crippen LogP contribution in [-0.2, 0) is 19.0 Å². The Morgan fingerprint density at radius 3 is 2.47 bits per heavy atom. The van der Waals surface area contributed by atoms with Gasteiger partial charge in [-0.25, -0.2) is 0 Å². The first-order chi connectivity index (χ1) is 17.2. The van der Waals surface area contributed by atoms with Gasteiger partial charge in [-0.15, -0.1) is 0 Å². The number of hydrogen-bond donors (Lipinski definition) is 0. The molecule has 1 unspecified atom stereocenters. The number of nitrogens with zero attached hydrogens (tertiary/aromatic N) is 2. The fraction of sp³-hybridized carbons (Fsp3) is 0.321. The first-order valence-corrected chi connectivity index (χ1v) is 12.3. The number of carbonyl (C=O) groups is 1. The molecule has 8 heteroatoms. The van der Waals surface area contributed by atoms with Gasteiger partial charge in [0.15, 0.2) is 0 Å². The maximum atomic E-state index is 13.7. The summed E-state index contributed by atoms with van der Waals surface area (Å²) in [6, 6.07) is 18.0. The summed E-state index contributed by atoms with van der Waals surface area (Å²) >= 11 is 6.23. The minimum Gasteiger partial charge on any atom is -0.489 e. The van der Waals surface area contributed by atoms with E-state index in [1.807, 2.05) is 0 Å². The summed E-state index contributed by atoms with van der Waals surface area (Å²) < 4.78 is 45.9. The molecule has 0 saturated heterocycles. The van der Waals surface area contributed by atoms with E-state index in [1.165, 1.54) is 23.3 Å². The highest BCUT2D eigenvalue weighted by Crippen LogP contribution is 2.38. The topological polar surface area (TPSA) is 32.8 Å². The third-order valence-corrected chi connectivity index (χ3v) is 7.34. The zero-order chi connectivity index (χ0) is 25.4. The lowest BCUT2D eigenvalue weighted by atomic mass is 10.0. The zero-order valence-electron chi connectivity index (χ0n) is 19.8. The molecular weight excluding hydrogens is 489 g/mol. The van der Waals surface area contributed by atoms with Gasteiger partial charge < -0.3 is 9.64 Å². The van der Waals surface area contributed by atoms with Crippen molar-refractivity contribution in [3.63, 3.8) is 0 Å². The molecule has 0 saturated carbocycles. The Kier molecular flexibility index (Phi) is 6.70. The molecule has 0 N–H and O–H groups in total. The van der Waals surface area contributed by atoms with E-state index in [0.29, 0.717) is 35.5 Å². The molecule has 1 atom stereocenters. The highest BCUT2D eigenvalue weighted by molar-refractivity contribution is 6.31. The van der Waals surface area contributed by atoms with E-state index < -0.39 is 17.6 Å². The molecule has 3 aromatic rings. The van der Waals surface area contributed by atoms with Crippen LogP contribution in [0.2, 0.25) is 5.02 Å². The third kappa shape index (κ3) is 4.95. The van der Waals surface area contributed by atoms with Crippen LogP contribution < -0.4 is 9.64 Å². The maximum Gasteiger partial charge on any atom is 0.416 e. The Labute approximate surface area is 213 Å². The van der Waals surface area contributed by atoms with Gasteiger partial charge in [-0.3, -0.25) is 9.69 Å². The lowest BCUT2D eigenvalue weighted by Crippen LogP contribution is -2.48. The van der Waals surface area contributed by atoms with Crippen LogP contribution in [0.1, 0.15) is 33.5 Å². The highest BCUT2D eigenvalue weighted by atomic mass is 35.5. The van der Waals surface area contributed by atoms with Gasteiger partial charge in [-0.1, -0.05) is 41.9 Å². The summed E-state index contributed by atoms with van der Waals surface area (Å²) in [5.74, 6) is -0.0237. The van der Waals surface area contributed by atoms with Gasteiger partial charge in [0.2, 0.25) is 0 Å². The normalized spacial score (nSPS) is 17.6. The second-order valence-electron chi connectivity index (χ2n) is 9.43. The fourth-order valence-corrected chi connectivity index (χ4v) is 5.26. The molecule has 3 aromatic carbocycles. The first-order valence-electron chi connectivity index (χ1n) is 11.9. The van der Waals surface area contributed by atoms with Crippen molar-refractivity contribution in [3.8, 4) is 5.75 Å². The summed E-state index contributed by atoms with van der Waals surface area (Å²) in [5.41, 5.74) is 2.31. The van der Waals surface area contributed by atoms with E-state index in [4.69, 9.17) is 16.3 Å². The van der Waals surface area contributed by atoms with Crippen LogP contribution in [0, 0.1) is 0 Å². The standard InChI is InChI=1S/C28H26ClF3N2O2/c1-33(24-14-18-5-2-3-6-19(18)15-24)12-11-23-17-36-26-10-9-22(29)16-25(26)34(23)27(35)20-7-4-8-21(13-20)28(30,31)32/h2-10,13,16,23-24H,11-12,14-15,17H2,1H3. The Bertz CT molecular complexity index is 1250. The first kappa shape index (κ1) is 24.7. The quantitative estimate of drug-likeness (QED) is 0.403. The molecule has 4 nitrogen and oxygen atoms in total. The number of fused-ring (bicyclic) bond motifs is 2. The molecule has 36 heavy (non-hydrogen) atoms. The lowest BCUT2D eigenvalue weighted by molar-refractivity contribution is -0.137. The third-order valence-electron chi connectivity index (χ3n) is 7.10. The number of anilines is 1. The number of likely N-dealkylation sites (N-methyl/N-ethyl adjacent to an activating group) is 1. The number of ether oxygens (including phenoxy) is 1. The largest absolute Gasteiger partial charge is 0.489 e. The van der Waals surface area contributed by atoms with Crippen molar-refractivity contribution in [1.29, 1.82) is 0 Å². The van der Waals surface area contributed by atoms with E-state index >= 15 is 0 Å². The molecule has 1 amide bonds. The van der Waals surface area contributed by atoms with Crippen molar-refractivity contribution in [3.05, 3.63) is 94.0 Å². The smallest absolute Gasteiger partial charge is 0.416 e. The number of rotatable bonds is 5. The van der Waals surface area contributed by atoms with Crippen molar-refractivity contribution in [2.24, 2.45) is 0 Å². The fourth-order valence-electron chi connectivity index (χ4n) is 5.10. The molecule has 0 radical (unpaired) electrons. The molecule has 1 heterocycles. The number of alkyl halides is 3. The average Bonchev–Trinajstić information content (AvgIpc) is 3.30. The van der Waals surface area contributed by atoms with Crippen LogP contribution >= 0.6 is 11.6 Å². The monoisotopic (exact) mass is 514 g/mol. The molecule has 1 aliphatic heterocycles. The van der Waals surface area contributed by atoms with E-state index in [2.05, 4.69) is 36.2 Å². The molecule has 0 fully saturated rings. The number of halogens is 4. The minimum atomic E-state index is -4.54. The van der Waals surface area contributed by atoms with Gasteiger partial charge in [0.25, 0.3) is 5.91 Å². The Morgan fingerprint density at radius 2 is 1.78 bits per heavy atom. The van der Waals surface area contributed by atoms with Crippen molar-refractivity contribution in [1.82, 2.24) is 4.90 Å². The number of amides is 1. The van der Waals surface area contributed by atoms with Crippen molar-refractivity contribution >= 4 is 23.2 Å². The van der Waals surface area contributed by atoms with Gasteiger partial charge in [-0.05, 0) is 73.8 Å². The summed E-state index contributed by atoms with van der Waals surface area (Å²) in [7, 11) is 2.07. The Hall–Kier alpha value is -3.03. The zero-order valence-corrected chi connectivity index (χ0v) is 20.5. The number of benzene rings is 3. The summed E-state index contributed by atoms with van der Waals surface area (Å²) in [4.78, 5) is 17.5. The summed E-state index contributed by atoms with van der Waals surface area (Å²) in [5, 5.41) is 0.417. The van der Waals surface area contributed by atoms with E-state index in [-0.39, 0.29) is 18.2 Å². The van der Waals surface area contributed by atoms with E-state index in [1.54, 1.807) is 23.1 Å². The highest BCUT2D eigenvalue weighted by Gasteiger charge is 2.36. The second-order valence-corrected chi connectivity index (χ2v) is 9.87. The SMILES string of the molecule is CN(CCC1COc2ccc(Cl)cc2N1C(=O)c1cccc(C(F)(F)F)c1)C1Cc2ccccc2C1. The van der Waals surface area contributed by atoms with Crippen LogP contribution in [0.15, 0.2) is 66.7 Å². The van der Waals surface area contributed by atoms with Gasteiger partial charge in [0.1, 0.15) is 12.4 Å². The Balaban J connectivity index is 1.38. The van der Waals surface area contributed by atoms with Crippen LogP contribution in [0.25, 0.3) is 0 Å². The van der Waals surface area contributed by atoms with Gasteiger partial charge >= 0.3 is 6.18 Å². The lowest BCUT2D eigenvalue weighted by Gasteiger charge is -2.38. The van der Waals surface area contributed by atoms with Crippen molar-refractivity contribution in [2.45, 2.75) is 37.5 Å². The van der Waals surface area contributed by atoms with Crippen LogP contribution in [0.4, 0.5) is 18.9 Å². The Morgan fingerprint density at radius 1 is 1.06 bits per heavy atom. The predicted molar refractivity (Wildman–Crippen MR) is 134 cm³/mol. The number of carbonyl (C=O) groups excluding carboxylic acids is 1. The molecule has 2 aliphatic rings. The van der Waals surface area contributed by atoms with Gasteiger partial charge in [0.05, 0.1) is 17.3 Å². The molecular formula is C28H26ClF3N2O2.